The standard InChI is InChI=1S/C17H16O2/c1-10-16(19)14-13(18)9-17(10)8-7-12(15(14)17)11-5-3-2-4-6-11/h2-6,12,14-15H,1,7-9H2/t12-,14?,15+,17?/m1/s1. The van der Waals surface area contributed by atoms with Gasteiger partial charge in [-0.1, -0.05) is 36.9 Å². The van der Waals surface area contributed by atoms with Gasteiger partial charge < -0.3 is 0 Å². The Balaban J connectivity index is 1.83. The Kier molecular flexibility index (Phi) is 2.02. The van der Waals surface area contributed by atoms with Crippen LogP contribution >= 0.6 is 0 Å². The summed E-state index contributed by atoms with van der Waals surface area (Å²) in [4.78, 5) is 24.4. The van der Waals surface area contributed by atoms with Gasteiger partial charge in [-0.2, -0.15) is 0 Å². The second-order valence-corrected chi connectivity index (χ2v) is 6.20. The van der Waals surface area contributed by atoms with Gasteiger partial charge in [-0.05, 0) is 35.8 Å². The predicted molar refractivity (Wildman–Crippen MR) is 71.6 cm³/mol. The fourth-order valence-corrected chi connectivity index (χ4v) is 4.80. The van der Waals surface area contributed by atoms with Gasteiger partial charge >= 0.3 is 0 Å². The maximum absolute atomic E-state index is 12.2. The fraction of sp³-hybridized carbons (Fsp3) is 0.412. The number of Topliss-reactive ketones (excluding diaryl/α,β-unsaturated/α-hetero) is 2. The quantitative estimate of drug-likeness (QED) is 0.569. The topological polar surface area (TPSA) is 34.1 Å². The zero-order chi connectivity index (χ0) is 13.2. The lowest BCUT2D eigenvalue weighted by atomic mass is 9.76. The van der Waals surface area contributed by atoms with E-state index in [0.717, 1.165) is 18.4 Å². The molecule has 4 rings (SSSR count). The summed E-state index contributed by atoms with van der Waals surface area (Å²) in [5.41, 5.74) is 1.82. The van der Waals surface area contributed by atoms with Crippen LogP contribution in [0, 0.1) is 17.3 Å². The van der Waals surface area contributed by atoms with Crippen molar-refractivity contribution in [3.05, 3.63) is 48.0 Å². The van der Waals surface area contributed by atoms with E-state index in [1.807, 2.05) is 18.2 Å². The van der Waals surface area contributed by atoms with Crippen LogP contribution in [-0.4, -0.2) is 11.6 Å². The van der Waals surface area contributed by atoms with Crippen LogP contribution < -0.4 is 0 Å². The van der Waals surface area contributed by atoms with E-state index in [1.54, 1.807) is 0 Å². The molecule has 96 valence electrons. The second-order valence-electron chi connectivity index (χ2n) is 6.20. The van der Waals surface area contributed by atoms with Gasteiger partial charge in [-0.15, -0.1) is 0 Å². The number of benzene rings is 1. The van der Waals surface area contributed by atoms with Crippen molar-refractivity contribution in [3.63, 3.8) is 0 Å². The highest BCUT2D eigenvalue weighted by atomic mass is 16.2. The highest BCUT2D eigenvalue weighted by molar-refractivity contribution is 6.17. The summed E-state index contributed by atoms with van der Waals surface area (Å²) in [6.45, 7) is 4.01. The van der Waals surface area contributed by atoms with E-state index >= 15 is 0 Å². The molecule has 0 aromatic heterocycles. The summed E-state index contributed by atoms with van der Waals surface area (Å²) in [6, 6.07) is 10.3. The van der Waals surface area contributed by atoms with Crippen LogP contribution in [0.2, 0.25) is 0 Å². The monoisotopic (exact) mass is 252 g/mol. The molecule has 0 aliphatic heterocycles. The first kappa shape index (κ1) is 11.2. The Morgan fingerprint density at radius 3 is 2.63 bits per heavy atom. The second kappa shape index (κ2) is 3.44. The van der Waals surface area contributed by atoms with Crippen molar-refractivity contribution in [3.8, 4) is 0 Å². The Labute approximate surface area is 112 Å². The van der Waals surface area contributed by atoms with E-state index < -0.39 is 0 Å². The molecule has 3 aliphatic carbocycles. The number of carbonyl (C=O) groups is 2. The molecular weight excluding hydrogens is 236 g/mol. The summed E-state index contributed by atoms with van der Waals surface area (Å²) < 4.78 is 0. The molecule has 0 spiro atoms. The summed E-state index contributed by atoms with van der Waals surface area (Å²) in [7, 11) is 0. The fourth-order valence-electron chi connectivity index (χ4n) is 4.80. The van der Waals surface area contributed by atoms with Gasteiger partial charge in [0.25, 0.3) is 0 Å². The molecule has 2 nitrogen and oxygen atoms in total. The number of rotatable bonds is 1. The third-order valence-corrected chi connectivity index (χ3v) is 5.58. The normalized spacial score (nSPS) is 40.0. The Morgan fingerprint density at radius 1 is 1.16 bits per heavy atom. The molecule has 3 saturated carbocycles. The number of hydrogen-bond donors (Lipinski definition) is 0. The van der Waals surface area contributed by atoms with Crippen molar-refractivity contribution in [2.75, 3.05) is 0 Å². The summed E-state index contributed by atoms with van der Waals surface area (Å²) >= 11 is 0. The molecule has 0 amide bonds. The van der Waals surface area contributed by atoms with Gasteiger partial charge in [0, 0.05) is 11.8 Å². The Hall–Kier alpha value is -1.70. The first-order chi connectivity index (χ1) is 9.15. The van der Waals surface area contributed by atoms with Crippen LogP contribution in [0.4, 0.5) is 0 Å². The van der Waals surface area contributed by atoms with Gasteiger partial charge in [0.15, 0.2) is 5.78 Å². The van der Waals surface area contributed by atoms with Crippen molar-refractivity contribution >= 4 is 11.6 Å². The van der Waals surface area contributed by atoms with Gasteiger partial charge in [0.2, 0.25) is 0 Å². The third kappa shape index (κ3) is 1.17. The van der Waals surface area contributed by atoms with E-state index in [2.05, 4.69) is 18.7 Å². The molecule has 3 fully saturated rings. The molecule has 1 aromatic carbocycles. The van der Waals surface area contributed by atoms with E-state index in [1.165, 1.54) is 5.56 Å². The first-order valence-corrected chi connectivity index (χ1v) is 6.96. The van der Waals surface area contributed by atoms with Crippen LogP contribution in [0.1, 0.15) is 30.7 Å². The lowest BCUT2D eigenvalue weighted by Crippen LogP contribution is -2.27. The Bertz CT molecular complexity index is 601. The van der Waals surface area contributed by atoms with Crippen molar-refractivity contribution in [2.24, 2.45) is 17.3 Å². The van der Waals surface area contributed by atoms with Crippen molar-refractivity contribution in [1.82, 2.24) is 0 Å². The molecule has 2 unspecified atom stereocenters. The zero-order valence-electron chi connectivity index (χ0n) is 10.8. The maximum atomic E-state index is 12.2. The lowest BCUT2D eigenvalue weighted by molar-refractivity contribution is -0.130. The molecule has 0 N–H and O–H groups in total. The van der Waals surface area contributed by atoms with Gasteiger partial charge in [-0.3, -0.25) is 9.59 Å². The summed E-state index contributed by atoms with van der Waals surface area (Å²) in [5.74, 6) is 0.327. The summed E-state index contributed by atoms with van der Waals surface area (Å²) in [5, 5.41) is 0. The molecular formula is C17H16O2. The van der Waals surface area contributed by atoms with Crippen molar-refractivity contribution < 1.29 is 9.59 Å². The van der Waals surface area contributed by atoms with E-state index in [0.29, 0.717) is 12.3 Å². The molecule has 0 heterocycles. The number of carbonyl (C=O) groups excluding carboxylic acids is 2. The molecule has 19 heavy (non-hydrogen) atoms. The van der Waals surface area contributed by atoms with Gasteiger partial charge in [0.1, 0.15) is 5.78 Å². The minimum Gasteiger partial charge on any atom is -0.299 e. The molecule has 4 atom stereocenters. The van der Waals surface area contributed by atoms with Crippen LogP contribution in [0.3, 0.4) is 0 Å². The van der Waals surface area contributed by atoms with Crippen LogP contribution in [0.5, 0.6) is 0 Å². The van der Waals surface area contributed by atoms with Crippen LogP contribution in [0.15, 0.2) is 42.5 Å². The maximum Gasteiger partial charge on any atom is 0.169 e. The zero-order valence-corrected chi connectivity index (χ0v) is 10.8. The number of ketones is 2. The molecule has 0 radical (unpaired) electrons. The van der Waals surface area contributed by atoms with E-state index in [-0.39, 0.29) is 28.8 Å². The average molecular weight is 252 g/mol. The molecule has 0 saturated heterocycles. The molecule has 2 heteroatoms. The molecule has 1 aromatic rings. The first-order valence-electron chi connectivity index (χ1n) is 6.96. The highest BCUT2D eigenvalue weighted by Crippen LogP contribution is 2.68. The molecule has 3 aliphatic rings. The van der Waals surface area contributed by atoms with E-state index in [4.69, 9.17) is 0 Å². The van der Waals surface area contributed by atoms with Crippen LogP contribution in [-0.2, 0) is 9.59 Å². The van der Waals surface area contributed by atoms with Crippen molar-refractivity contribution in [2.45, 2.75) is 25.2 Å². The number of allylic oxidation sites excluding steroid dienone is 1. The minimum atomic E-state index is -0.389. The predicted octanol–water partition coefficient (Wildman–Crippen LogP) is 2.89. The lowest BCUT2D eigenvalue weighted by Gasteiger charge is -2.26. The minimum absolute atomic E-state index is 0.0295. The smallest absolute Gasteiger partial charge is 0.169 e. The van der Waals surface area contributed by atoms with Gasteiger partial charge in [-0.25, -0.2) is 0 Å². The number of hydrogen-bond acceptors (Lipinski definition) is 2. The van der Waals surface area contributed by atoms with Gasteiger partial charge in [0.05, 0.1) is 5.92 Å². The Morgan fingerprint density at radius 2 is 1.89 bits per heavy atom. The average Bonchev–Trinajstić information content (AvgIpc) is 2.97. The van der Waals surface area contributed by atoms with E-state index in [9.17, 15) is 9.59 Å². The summed E-state index contributed by atoms with van der Waals surface area (Å²) in [6.07, 6.45) is 2.57. The van der Waals surface area contributed by atoms with Crippen molar-refractivity contribution in [1.29, 1.82) is 0 Å². The van der Waals surface area contributed by atoms with Crippen LogP contribution in [0.25, 0.3) is 0 Å². The highest BCUT2D eigenvalue weighted by Gasteiger charge is 2.68. The SMILES string of the molecule is C=C1C(=O)C2C(=O)CC13CC[C@H](c1ccccc1)[C@@H]23. The third-order valence-electron chi connectivity index (χ3n) is 5.58. The largest absolute Gasteiger partial charge is 0.299 e. The molecule has 2 bridgehead atoms.